The van der Waals surface area contributed by atoms with Gasteiger partial charge in [0.1, 0.15) is 23.8 Å². The van der Waals surface area contributed by atoms with Crippen molar-refractivity contribution in [2.75, 3.05) is 18.2 Å². The van der Waals surface area contributed by atoms with E-state index in [1.54, 1.807) is 5.01 Å². The molecule has 0 atom stereocenters. The highest BCUT2D eigenvalue weighted by Gasteiger charge is 2.22. The number of benzene rings is 2. The molecular formula is C17H17BrF2N2O. The van der Waals surface area contributed by atoms with E-state index in [1.165, 1.54) is 18.2 Å². The van der Waals surface area contributed by atoms with Crippen LogP contribution in [0.2, 0.25) is 0 Å². The molecule has 0 spiro atoms. The van der Waals surface area contributed by atoms with Gasteiger partial charge in [-0.05, 0) is 36.4 Å². The Balaban J connectivity index is 0.000000924. The van der Waals surface area contributed by atoms with Gasteiger partial charge in [-0.1, -0.05) is 35.8 Å². The Bertz CT molecular complexity index is 669. The molecule has 2 aromatic rings. The van der Waals surface area contributed by atoms with Gasteiger partial charge in [-0.3, -0.25) is 5.01 Å². The zero-order valence-corrected chi connectivity index (χ0v) is 14.5. The Hall–Kier alpha value is -1.95. The van der Waals surface area contributed by atoms with E-state index in [1.807, 2.05) is 38.1 Å². The van der Waals surface area contributed by atoms with Crippen LogP contribution in [0.5, 0.6) is 0 Å². The summed E-state index contributed by atoms with van der Waals surface area (Å²) < 4.78 is 33.9. The summed E-state index contributed by atoms with van der Waals surface area (Å²) in [6.45, 7) is 4.82. The first-order valence-corrected chi connectivity index (χ1v) is 8.13. The van der Waals surface area contributed by atoms with Crippen molar-refractivity contribution in [1.82, 2.24) is 0 Å². The van der Waals surface area contributed by atoms with Crippen LogP contribution in [0.3, 0.4) is 0 Å². The Kier molecular flexibility index (Phi) is 6.10. The third kappa shape index (κ3) is 4.07. The third-order valence-corrected chi connectivity index (χ3v) is 3.58. The molecule has 0 aromatic heterocycles. The summed E-state index contributed by atoms with van der Waals surface area (Å²) in [5, 5.41) is 5.87. The van der Waals surface area contributed by atoms with Crippen LogP contribution in [0.15, 0.2) is 52.0 Å². The molecular weight excluding hydrogens is 366 g/mol. The molecule has 0 unspecified atom stereocenters. The average molecular weight is 383 g/mol. The lowest BCUT2D eigenvalue weighted by Gasteiger charge is -2.25. The number of rotatable bonds is 2. The van der Waals surface area contributed by atoms with Gasteiger partial charge in [0.25, 0.3) is 0 Å². The predicted molar refractivity (Wildman–Crippen MR) is 91.7 cm³/mol. The molecule has 6 heteroatoms. The topological polar surface area (TPSA) is 24.8 Å². The van der Waals surface area contributed by atoms with Gasteiger partial charge < -0.3 is 4.74 Å². The van der Waals surface area contributed by atoms with E-state index >= 15 is 0 Å². The van der Waals surface area contributed by atoms with Gasteiger partial charge in [0.05, 0.1) is 12.2 Å². The van der Waals surface area contributed by atoms with Crippen LogP contribution in [0.25, 0.3) is 0 Å². The maximum absolute atomic E-state index is 13.8. The van der Waals surface area contributed by atoms with Crippen LogP contribution in [-0.4, -0.2) is 19.0 Å². The predicted octanol–water partition coefficient (Wildman–Crippen LogP) is 4.95. The number of halogens is 3. The summed E-state index contributed by atoms with van der Waals surface area (Å²) in [5.74, 6) is -1.42. The molecule has 23 heavy (non-hydrogen) atoms. The maximum atomic E-state index is 13.8. The first-order valence-electron chi connectivity index (χ1n) is 7.34. The lowest BCUT2D eigenvalue weighted by atomic mass is 10.2. The summed E-state index contributed by atoms with van der Waals surface area (Å²) in [6.07, 6.45) is 0. The SMILES string of the molecule is CC.Fc1cccc(F)c1C1=NN(c2ccc(Br)cc2)CCO1. The molecule has 0 saturated heterocycles. The number of ether oxygens (including phenoxy) is 1. The minimum atomic E-state index is -0.689. The normalized spacial score (nSPS) is 13.6. The highest BCUT2D eigenvalue weighted by Crippen LogP contribution is 2.22. The number of nitrogens with zero attached hydrogens (tertiary/aromatic N) is 2. The van der Waals surface area contributed by atoms with E-state index in [4.69, 9.17) is 4.74 Å². The number of hydrogen-bond donors (Lipinski definition) is 0. The van der Waals surface area contributed by atoms with E-state index in [2.05, 4.69) is 21.0 Å². The molecule has 2 aromatic carbocycles. The largest absolute Gasteiger partial charge is 0.474 e. The molecule has 3 rings (SSSR count). The summed E-state index contributed by atoms with van der Waals surface area (Å²) in [7, 11) is 0. The minimum absolute atomic E-state index is 0.0419. The zero-order chi connectivity index (χ0) is 16.8. The summed E-state index contributed by atoms with van der Waals surface area (Å²) in [5.41, 5.74) is 0.593. The maximum Gasteiger partial charge on any atom is 0.244 e. The van der Waals surface area contributed by atoms with E-state index in [-0.39, 0.29) is 11.5 Å². The molecule has 0 bridgehead atoms. The highest BCUT2D eigenvalue weighted by atomic mass is 79.9. The Morgan fingerprint density at radius 3 is 2.26 bits per heavy atom. The van der Waals surface area contributed by atoms with Crippen molar-refractivity contribution in [3.8, 4) is 0 Å². The standard InChI is InChI=1S/C15H11BrF2N2O.C2H6/c16-10-4-6-11(7-5-10)20-8-9-21-15(19-20)14-12(17)2-1-3-13(14)18;1-2/h1-7H,8-9H2;1-2H3. The van der Waals surface area contributed by atoms with Crippen LogP contribution < -0.4 is 5.01 Å². The van der Waals surface area contributed by atoms with Crippen molar-refractivity contribution in [3.05, 3.63) is 64.1 Å². The fraction of sp³-hybridized carbons (Fsp3) is 0.235. The molecule has 0 fully saturated rings. The van der Waals surface area contributed by atoms with Gasteiger partial charge in [0, 0.05) is 4.47 Å². The first-order chi connectivity index (χ1) is 11.1. The fourth-order valence-corrected chi connectivity index (χ4v) is 2.31. The first kappa shape index (κ1) is 17.4. The second-order valence-corrected chi connectivity index (χ2v) is 5.37. The van der Waals surface area contributed by atoms with Gasteiger partial charge in [-0.2, -0.15) is 0 Å². The van der Waals surface area contributed by atoms with Gasteiger partial charge >= 0.3 is 0 Å². The van der Waals surface area contributed by atoms with Crippen molar-refractivity contribution >= 4 is 27.5 Å². The summed E-state index contributed by atoms with van der Waals surface area (Å²) in [4.78, 5) is 0. The van der Waals surface area contributed by atoms with E-state index < -0.39 is 11.6 Å². The molecule has 122 valence electrons. The van der Waals surface area contributed by atoms with E-state index in [0.29, 0.717) is 13.2 Å². The van der Waals surface area contributed by atoms with Gasteiger partial charge in [-0.15, -0.1) is 5.10 Å². The van der Waals surface area contributed by atoms with Gasteiger partial charge in [0.15, 0.2) is 0 Å². The molecule has 0 amide bonds. The lowest BCUT2D eigenvalue weighted by Crippen LogP contribution is -2.32. The van der Waals surface area contributed by atoms with Crippen LogP contribution in [-0.2, 0) is 4.74 Å². The fourth-order valence-electron chi connectivity index (χ4n) is 2.04. The van der Waals surface area contributed by atoms with Crippen LogP contribution in [0.1, 0.15) is 19.4 Å². The highest BCUT2D eigenvalue weighted by molar-refractivity contribution is 9.10. The second-order valence-electron chi connectivity index (χ2n) is 4.45. The summed E-state index contributed by atoms with van der Waals surface area (Å²) in [6, 6.07) is 11.2. The molecule has 0 saturated carbocycles. The quantitative estimate of drug-likeness (QED) is 0.733. The minimum Gasteiger partial charge on any atom is -0.474 e. The molecule has 3 nitrogen and oxygen atoms in total. The number of hydrogen-bond acceptors (Lipinski definition) is 3. The van der Waals surface area contributed by atoms with Crippen molar-refractivity contribution in [2.45, 2.75) is 13.8 Å². The Labute approximate surface area is 142 Å². The molecule has 1 heterocycles. The van der Waals surface area contributed by atoms with Gasteiger partial charge in [-0.25, -0.2) is 8.78 Å². The number of hydrazone groups is 1. The number of anilines is 1. The second kappa shape index (κ2) is 8.06. The Morgan fingerprint density at radius 1 is 1.04 bits per heavy atom. The lowest BCUT2D eigenvalue weighted by molar-refractivity contribution is 0.291. The van der Waals surface area contributed by atoms with Crippen molar-refractivity contribution in [1.29, 1.82) is 0 Å². The smallest absolute Gasteiger partial charge is 0.244 e. The van der Waals surface area contributed by atoms with Gasteiger partial charge in [0.2, 0.25) is 5.90 Å². The van der Waals surface area contributed by atoms with Crippen molar-refractivity contribution < 1.29 is 13.5 Å². The monoisotopic (exact) mass is 382 g/mol. The molecule has 0 aliphatic carbocycles. The van der Waals surface area contributed by atoms with E-state index in [9.17, 15) is 8.78 Å². The van der Waals surface area contributed by atoms with Crippen LogP contribution in [0.4, 0.5) is 14.5 Å². The Morgan fingerprint density at radius 2 is 1.65 bits per heavy atom. The van der Waals surface area contributed by atoms with Crippen LogP contribution >= 0.6 is 15.9 Å². The third-order valence-electron chi connectivity index (χ3n) is 3.05. The zero-order valence-electron chi connectivity index (χ0n) is 12.9. The molecule has 1 aliphatic rings. The molecule has 0 N–H and O–H groups in total. The summed E-state index contributed by atoms with van der Waals surface area (Å²) >= 11 is 3.36. The average Bonchev–Trinajstić information content (AvgIpc) is 2.57. The van der Waals surface area contributed by atoms with E-state index in [0.717, 1.165) is 10.2 Å². The van der Waals surface area contributed by atoms with Crippen molar-refractivity contribution in [3.63, 3.8) is 0 Å². The molecule has 0 radical (unpaired) electrons. The molecule has 1 aliphatic heterocycles. The van der Waals surface area contributed by atoms with Crippen molar-refractivity contribution in [2.24, 2.45) is 5.10 Å². The van der Waals surface area contributed by atoms with Crippen LogP contribution in [0, 0.1) is 11.6 Å².